The van der Waals surface area contributed by atoms with Crippen LogP contribution in [0, 0.1) is 12.7 Å². The summed E-state index contributed by atoms with van der Waals surface area (Å²) in [5.74, 6) is -0.482. The average molecular weight is 280 g/mol. The summed E-state index contributed by atoms with van der Waals surface area (Å²) >= 11 is 1.37. The molecule has 0 aliphatic heterocycles. The molecular weight excluding hydrogens is 267 g/mol. The molecule has 0 aliphatic carbocycles. The molecule has 0 radical (unpaired) electrons. The number of ether oxygens (including phenoxy) is 1. The molecule has 0 atom stereocenters. The Hall–Kier alpha value is -1.95. The lowest BCUT2D eigenvalue weighted by atomic mass is 10.3. The fraction of sp³-hybridized carbons (Fsp3) is 0.231. The first kappa shape index (κ1) is 13.5. The third kappa shape index (κ3) is 4.03. The van der Waals surface area contributed by atoms with E-state index in [9.17, 15) is 9.18 Å². The number of aromatic nitrogens is 1. The van der Waals surface area contributed by atoms with E-state index >= 15 is 0 Å². The van der Waals surface area contributed by atoms with E-state index in [1.54, 1.807) is 12.1 Å². The Labute approximate surface area is 114 Å². The molecule has 1 amide bonds. The summed E-state index contributed by atoms with van der Waals surface area (Å²) in [4.78, 5) is 15.7. The summed E-state index contributed by atoms with van der Waals surface area (Å²) in [6.07, 6.45) is 0.146. The molecule has 0 spiro atoms. The van der Waals surface area contributed by atoms with Crippen molar-refractivity contribution in [3.63, 3.8) is 0 Å². The molecule has 0 unspecified atom stereocenters. The van der Waals surface area contributed by atoms with Crippen molar-refractivity contribution in [2.75, 3.05) is 11.9 Å². The standard InChI is InChI=1S/C13H13FN2O2S/c1-9-8-19-13(15-9)16-12(17)6-7-18-11-5-3-2-4-10(11)14/h2-5,8H,6-7H2,1H3,(H,15,16,17). The van der Waals surface area contributed by atoms with Gasteiger partial charge in [-0.05, 0) is 19.1 Å². The topological polar surface area (TPSA) is 51.2 Å². The van der Waals surface area contributed by atoms with E-state index in [1.165, 1.54) is 23.5 Å². The van der Waals surface area contributed by atoms with Crippen molar-refractivity contribution in [1.82, 2.24) is 4.98 Å². The smallest absolute Gasteiger partial charge is 0.229 e. The molecule has 1 N–H and O–H groups in total. The molecule has 2 rings (SSSR count). The third-order valence-corrected chi connectivity index (χ3v) is 3.16. The van der Waals surface area contributed by atoms with Gasteiger partial charge in [0.05, 0.1) is 18.7 Å². The molecule has 1 heterocycles. The molecule has 2 aromatic rings. The molecule has 0 saturated carbocycles. The van der Waals surface area contributed by atoms with E-state index in [0.29, 0.717) is 5.13 Å². The predicted octanol–water partition coefficient (Wildman–Crippen LogP) is 3.00. The molecule has 1 aromatic carbocycles. The molecule has 4 nitrogen and oxygen atoms in total. The molecule has 100 valence electrons. The van der Waals surface area contributed by atoms with Gasteiger partial charge in [0.15, 0.2) is 16.7 Å². The van der Waals surface area contributed by atoms with Crippen molar-refractivity contribution in [1.29, 1.82) is 0 Å². The van der Waals surface area contributed by atoms with Gasteiger partial charge in [-0.25, -0.2) is 9.37 Å². The van der Waals surface area contributed by atoms with Gasteiger partial charge in [-0.1, -0.05) is 12.1 Å². The van der Waals surface area contributed by atoms with Gasteiger partial charge < -0.3 is 10.1 Å². The van der Waals surface area contributed by atoms with Gasteiger partial charge in [0.25, 0.3) is 0 Å². The number of hydrogen-bond acceptors (Lipinski definition) is 4. The van der Waals surface area contributed by atoms with Crippen molar-refractivity contribution < 1.29 is 13.9 Å². The highest BCUT2D eigenvalue weighted by atomic mass is 32.1. The van der Waals surface area contributed by atoms with Crippen LogP contribution in [0.2, 0.25) is 0 Å². The lowest BCUT2D eigenvalue weighted by Gasteiger charge is -2.06. The Balaban J connectivity index is 1.77. The van der Waals surface area contributed by atoms with Crippen molar-refractivity contribution in [2.24, 2.45) is 0 Å². The van der Waals surface area contributed by atoms with Crippen LogP contribution in [0.4, 0.5) is 9.52 Å². The molecule has 0 saturated heterocycles. The summed E-state index contributed by atoms with van der Waals surface area (Å²) in [6.45, 7) is 1.98. The minimum Gasteiger partial charge on any atom is -0.490 e. The molecular formula is C13H13FN2O2S. The maximum atomic E-state index is 13.2. The van der Waals surface area contributed by atoms with E-state index < -0.39 is 5.82 Å². The Kier molecular flexibility index (Phi) is 4.46. The first-order valence-corrected chi connectivity index (χ1v) is 6.62. The molecule has 0 aliphatic rings. The Morgan fingerprint density at radius 3 is 2.95 bits per heavy atom. The van der Waals surface area contributed by atoms with Crippen LogP contribution in [-0.4, -0.2) is 17.5 Å². The maximum Gasteiger partial charge on any atom is 0.229 e. The number of carbonyl (C=O) groups excluding carboxylic acids is 1. The van der Waals surface area contributed by atoms with Crippen LogP contribution in [0.1, 0.15) is 12.1 Å². The highest BCUT2D eigenvalue weighted by molar-refractivity contribution is 7.13. The van der Waals surface area contributed by atoms with E-state index in [-0.39, 0.29) is 24.7 Å². The number of rotatable bonds is 5. The summed E-state index contributed by atoms with van der Waals surface area (Å²) in [7, 11) is 0. The Morgan fingerprint density at radius 2 is 2.26 bits per heavy atom. The van der Waals surface area contributed by atoms with Crippen LogP contribution in [0.15, 0.2) is 29.6 Å². The van der Waals surface area contributed by atoms with E-state index in [4.69, 9.17) is 4.74 Å². The van der Waals surface area contributed by atoms with Crippen molar-refractivity contribution in [3.8, 4) is 5.75 Å². The van der Waals surface area contributed by atoms with Crippen LogP contribution in [0.25, 0.3) is 0 Å². The number of benzene rings is 1. The molecule has 0 bridgehead atoms. The van der Waals surface area contributed by atoms with Crippen LogP contribution >= 0.6 is 11.3 Å². The highest BCUT2D eigenvalue weighted by Crippen LogP contribution is 2.16. The van der Waals surface area contributed by atoms with E-state index in [1.807, 2.05) is 12.3 Å². The van der Waals surface area contributed by atoms with Crippen LogP contribution in [0.3, 0.4) is 0 Å². The van der Waals surface area contributed by atoms with Crippen LogP contribution in [0.5, 0.6) is 5.75 Å². The SMILES string of the molecule is Cc1csc(NC(=O)CCOc2ccccc2F)n1. The number of carbonyl (C=O) groups is 1. The van der Waals surface area contributed by atoms with Gasteiger partial charge in [0, 0.05) is 5.38 Å². The number of nitrogens with one attached hydrogen (secondary N) is 1. The number of amides is 1. The monoisotopic (exact) mass is 280 g/mol. The average Bonchev–Trinajstić information content (AvgIpc) is 2.77. The molecule has 1 aromatic heterocycles. The van der Waals surface area contributed by atoms with Crippen molar-refractivity contribution in [2.45, 2.75) is 13.3 Å². The zero-order valence-electron chi connectivity index (χ0n) is 10.4. The Morgan fingerprint density at radius 1 is 1.47 bits per heavy atom. The van der Waals surface area contributed by atoms with Gasteiger partial charge >= 0.3 is 0 Å². The number of anilines is 1. The van der Waals surface area contributed by atoms with Crippen molar-refractivity contribution >= 4 is 22.4 Å². The summed E-state index contributed by atoms with van der Waals surface area (Å²) in [5, 5.41) is 5.07. The lowest BCUT2D eigenvalue weighted by Crippen LogP contribution is -2.15. The number of aryl methyl sites for hydroxylation is 1. The van der Waals surface area contributed by atoms with E-state index in [2.05, 4.69) is 10.3 Å². The van der Waals surface area contributed by atoms with Gasteiger partial charge in [-0.2, -0.15) is 0 Å². The second kappa shape index (κ2) is 6.29. The minimum atomic E-state index is -0.432. The molecule has 6 heteroatoms. The minimum absolute atomic E-state index is 0.122. The first-order chi connectivity index (χ1) is 9.15. The van der Waals surface area contributed by atoms with Crippen molar-refractivity contribution in [3.05, 3.63) is 41.2 Å². The van der Waals surface area contributed by atoms with Gasteiger partial charge in [0.1, 0.15) is 0 Å². The predicted molar refractivity (Wildman–Crippen MR) is 72.0 cm³/mol. The quantitative estimate of drug-likeness (QED) is 0.916. The van der Waals surface area contributed by atoms with Gasteiger partial charge in [-0.15, -0.1) is 11.3 Å². The number of nitrogens with zero attached hydrogens (tertiary/aromatic N) is 1. The highest BCUT2D eigenvalue weighted by Gasteiger charge is 2.07. The van der Waals surface area contributed by atoms with Gasteiger partial charge in [-0.3, -0.25) is 4.79 Å². The number of thiazole rings is 1. The van der Waals surface area contributed by atoms with Crippen LogP contribution < -0.4 is 10.1 Å². The summed E-state index contributed by atoms with van der Waals surface area (Å²) < 4.78 is 18.4. The third-order valence-electron chi connectivity index (χ3n) is 2.29. The normalized spacial score (nSPS) is 10.2. The van der Waals surface area contributed by atoms with Crippen LogP contribution in [-0.2, 0) is 4.79 Å². The fourth-order valence-corrected chi connectivity index (χ4v) is 2.11. The number of halogens is 1. The number of hydrogen-bond donors (Lipinski definition) is 1. The molecule has 0 fully saturated rings. The second-order valence-electron chi connectivity index (χ2n) is 3.87. The lowest BCUT2D eigenvalue weighted by molar-refractivity contribution is -0.116. The zero-order valence-corrected chi connectivity index (χ0v) is 11.2. The van der Waals surface area contributed by atoms with Gasteiger partial charge in [0.2, 0.25) is 5.91 Å². The van der Waals surface area contributed by atoms with E-state index in [0.717, 1.165) is 5.69 Å². The summed E-state index contributed by atoms with van der Waals surface area (Å²) in [5.41, 5.74) is 0.864. The second-order valence-corrected chi connectivity index (χ2v) is 4.73. The Bertz CT molecular complexity index is 571. The maximum absolute atomic E-state index is 13.2. The molecule has 19 heavy (non-hydrogen) atoms. The first-order valence-electron chi connectivity index (χ1n) is 5.74. The largest absolute Gasteiger partial charge is 0.490 e. The fourth-order valence-electron chi connectivity index (χ4n) is 1.41. The summed E-state index contributed by atoms with van der Waals surface area (Å²) in [6, 6.07) is 6.10. The zero-order chi connectivity index (χ0) is 13.7. The number of para-hydroxylation sites is 1.